The third-order valence-corrected chi connectivity index (χ3v) is 5.66. The van der Waals surface area contributed by atoms with E-state index in [9.17, 15) is 29.7 Å². The fraction of sp³-hybridized carbons (Fsp3) is 0.160. The SMILES string of the molecule is CC1=C/C(=C(\c2cc(C)c(O)c(C(=O)O)c2)c2ccc(N(C)C)cc2Cl)C=C(C(=O)O)C1=O. The summed E-state index contributed by atoms with van der Waals surface area (Å²) in [5.74, 6) is -3.65. The van der Waals surface area contributed by atoms with E-state index in [-0.39, 0.29) is 16.9 Å². The van der Waals surface area contributed by atoms with Gasteiger partial charge >= 0.3 is 11.9 Å². The molecule has 0 aliphatic heterocycles. The number of hydrogen-bond donors (Lipinski definition) is 3. The lowest BCUT2D eigenvalue weighted by molar-refractivity contribution is -0.134. The van der Waals surface area contributed by atoms with Crippen LogP contribution >= 0.6 is 11.6 Å². The van der Waals surface area contributed by atoms with Crippen LogP contribution in [0.5, 0.6) is 5.75 Å². The van der Waals surface area contributed by atoms with E-state index in [1.165, 1.54) is 19.1 Å². The highest BCUT2D eigenvalue weighted by molar-refractivity contribution is 6.33. The molecule has 0 amide bonds. The van der Waals surface area contributed by atoms with E-state index in [0.29, 0.717) is 32.9 Å². The molecule has 33 heavy (non-hydrogen) atoms. The zero-order valence-corrected chi connectivity index (χ0v) is 19.2. The van der Waals surface area contributed by atoms with E-state index in [0.717, 1.165) is 5.69 Å². The monoisotopic (exact) mass is 467 g/mol. The van der Waals surface area contributed by atoms with Gasteiger partial charge in [-0.1, -0.05) is 17.7 Å². The lowest BCUT2D eigenvalue weighted by atomic mass is 9.85. The number of aromatic hydroxyl groups is 1. The molecule has 0 spiro atoms. The minimum Gasteiger partial charge on any atom is -0.507 e. The molecule has 8 heteroatoms. The number of nitrogens with zero attached hydrogens (tertiary/aromatic N) is 1. The van der Waals surface area contributed by atoms with Crippen LogP contribution in [0, 0.1) is 6.92 Å². The van der Waals surface area contributed by atoms with Crippen molar-refractivity contribution in [2.75, 3.05) is 19.0 Å². The van der Waals surface area contributed by atoms with E-state index in [4.69, 9.17) is 11.6 Å². The Hall–Kier alpha value is -3.84. The minimum absolute atomic E-state index is 0.220. The largest absolute Gasteiger partial charge is 0.507 e. The summed E-state index contributed by atoms with van der Waals surface area (Å²) in [6, 6.07) is 8.19. The van der Waals surface area contributed by atoms with Gasteiger partial charge < -0.3 is 20.2 Å². The number of carboxylic acid groups (broad SMARTS) is 2. The first kappa shape index (κ1) is 23.8. The molecule has 0 atom stereocenters. The first-order valence-corrected chi connectivity index (χ1v) is 10.3. The van der Waals surface area contributed by atoms with Crippen molar-refractivity contribution in [2.24, 2.45) is 0 Å². The maximum absolute atomic E-state index is 12.4. The van der Waals surface area contributed by atoms with E-state index >= 15 is 0 Å². The number of aryl methyl sites for hydroxylation is 1. The number of carbonyl (C=O) groups is 3. The van der Waals surface area contributed by atoms with Gasteiger partial charge in [-0.15, -0.1) is 0 Å². The average Bonchev–Trinajstić information content (AvgIpc) is 2.73. The second kappa shape index (κ2) is 8.96. The molecule has 3 rings (SSSR count). The molecule has 2 aromatic rings. The van der Waals surface area contributed by atoms with Crippen molar-refractivity contribution in [1.29, 1.82) is 0 Å². The molecular weight excluding hydrogens is 446 g/mol. The summed E-state index contributed by atoms with van der Waals surface area (Å²) >= 11 is 6.62. The Bertz CT molecular complexity index is 1300. The number of halogens is 1. The molecule has 0 aromatic heterocycles. The molecule has 3 N–H and O–H groups in total. The average molecular weight is 468 g/mol. The standard InChI is InChI=1S/C25H22ClNO6/c1-12-7-14(9-18(22(12)28)24(30)31)21(17-6-5-16(27(3)4)11-20(17)26)15-8-13(2)23(29)19(10-15)25(32)33/h5-11,28H,1-4H3,(H,30,31)(H,32,33)/b21-15-. The molecule has 0 unspecified atom stereocenters. The Labute approximate surface area is 195 Å². The van der Waals surface area contributed by atoms with Crippen LogP contribution in [0.2, 0.25) is 5.02 Å². The van der Waals surface area contributed by atoms with Gasteiger partial charge in [0.15, 0.2) is 5.78 Å². The number of aliphatic carboxylic acids is 1. The van der Waals surface area contributed by atoms with E-state index in [2.05, 4.69) is 0 Å². The van der Waals surface area contributed by atoms with Crippen molar-refractivity contribution >= 4 is 40.6 Å². The maximum atomic E-state index is 12.4. The van der Waals surface area contributed by atoms with Crippen LogP contribution in [0.4, 0.5) is 5.69 Å². The van der Waals surface area contributed by atoms with Gasteiger partial charge in [0.25, 0.3) is 0 Å². The van der Waals surface area contributed by atoms with Crippen LogP contribution in [0.1, 0.15) is 34.0 Å². The molecule has 2 aromatic carbocycles. The normalized spacial score (nSPS) is 15.0. The lowest BCUT2D eigenvalue weighted by Crippen LogP contribution is -2.17. The van der Waals surface area contributed by atoms with Crippen LogP contribution in [-0.2, 0) is 9.59 Å². The Morgan fingerprint density at radius 1 is 0.939 bits per heavy atom. The minimum atomic E-state index is -1.37. The summed E-state index contributed by atoms with van der Waals surface area (Å²) in [6.07, 6.45) is 2.80. The van der Waals surface area contributed by atoms with Gasteiger partial charge in [0.05, 0.1) is 5.02 Å². The summed E-state index contributed by atoms with van der Waals surface area (Å²) in [5, 5.41) is 29.7. The number of Topliss-reactive ketones (excluding diaryl/α,β-unsaturated/α-hetero) is 1. The number of hydrogen-bond acceptors (Lipinski definition) is 5. The van der Waals surface area contributed by atoms with Crippen molar-refractivity contribution < 1.29 is 29.7 Å². The number of allylic oxidation sites excluding steroid dienone is 4. The van der Waals surface area contributed by atoms with Crippen LogP contribution in [-0.4, -0.2) is 47.1 Å². The van der Waals surface area contributed by atoms with Gasteiger partial charge in [0.1, 0.15) is 16.9 Å². The molecule has 0 saturated heterocycles. The highest BCUT2D eigenvalue weighted by Crippen LogP contribution is 2.39. The number of anilines is 1. The molecular formula is C25H22ClNO6. The second-order valence-corrected chi connectivity index (χ2v) is 8.31. The summed E-state index contributed by atoms with van der Waals surface area (Å²) in [6.45, 7) is 3.08. The zero-order valence-electron chi connectivity index (χ0n) is 18.4. The second-order valence-electron chi connectivity index (χ2n) is 7.90. The van der Waals surface area contributed by atoms with Gasteiger partial charge in [-0.05, 0) is 78.1 Å². The summed E-state index contributed by atoms with van der Waals surface area (Å²) < 4.78 is 0. The smallest absolute Gasteiger partial charge is 0.339 e. The topological polar surface area (TPSA) is 115 Å². The number of ketones is 1. The quantitative estimate of drug-likeness (QED) is 0.556. The number of rotatable bonds is 5. The Kier molecular flexibility index (Phi) is 6.46. The zero-order chi connectivity index (χ0) is 24.6. The molecule has 1 aliphatic rings. The number of carboxylic acids is 2. The van der Waals surface area contributed by atoms with Gasteiger partial charge in [0, 0.05) is 25.3 Å². The summed E-state index contributed by atoms with van der Waals surface area (Å²) in [4.78, 5) is 37.6. The van der Waals surface area contributed by atoms with Crippen molar-refractivity contribution in [3.8, 4) is 5.75 Å². The van der Waals surface area contributed by atoms with Crippen LogP contribution in [0.15, 0.2) is 59.2 Å². The highest BCUT2D eigenvalue weighted by Gasteiger charge is 2.26. The van der Waals surface area contributed by atoms with Gasteiger partial charge in [0.2, 0.25) is 0 Å². The first-order valence-electron chi connectivity index (χ1n) is 9.89. The molecule has 170 valence electrons. The Morgan fingerprint density at radius 3 is 2.15 bits per heavy atom. The molecule has 0 fully saturated rings. The van der Waals surface area contributed by atoms with Gasteiger partial charge in [-0.3, -0.25) is 4.79 Å². The Morgan fingerprint density at radius 2 is 1.61 bits per heavy atom. The highest BCUT2D eigenvalue weighted by atomic mass is 35.5. The van der Waals surface area contributed by atoms with Crippen molar-refractivity contribution in [2.45, 2.75) is 13.8 Å². The third-order valence-electron chi connectivity index (χ3n) is 5.35. The van der Waals surface area contributed by atoms with Gasteiger partial charge in [-0.25, -0.2) is 9.59 Å². The number of phenols is 1. The molecule has 0 saturated carbocycles. The van der Waals surface area contributed by atoms with Crippen molar-refractivity contribution in [3.05, 3.63) is 86.5 Å². The Balaban J connectivity index is 2.44. The molecule has 1 aliphatic carbocycles. The predicted molar refractivity (Wildman–Crippen MR) is 126 cm³/mol. The lowest BCUT2D eigenvalue weighted by Gasteiger charge is -2.20. The molecule has 7 nitrogen and oxygen atoms in total. The van der Waals surface area contributed by atoms with E-state index in [1.807, 2.05) is 25.1 Å². The molecule has 0 bridgehead atoms. The maximum Gasteiger partial charge on any atom is 0.339 e. The fourth-order valence-electron chi connectivity index (χ4n) is 3.63. The van der Waals surface area contributed by atoms with Crippen LogP contribution in [0.25, 0.3) is 5.57 Å². The molecule has 0 heterocycles. The van der Waals surface area contributed by atoms with E-state index in [1.54, 1.807) is 31.2 Å². The summed E-state index contributed by atoms with van der Waals surface area (Å²) in [7, 11) is 3.71. The van der Waals surface area contributed by atoms with E-state index < -0.39 is 23.3 Å². The molecule has 0 radical (unpaired) electrons. The fourth-order valence-corrected chi connectivity index (χ4v) is 3.90. The van der Waals surface area contributed by atoms with Crippen molar-refractivity contribution in [1.82, 2.24) is 0 Å². The third kappa shape index (κ3) is 4.54. The first-order chi connectivity index (χ1) is 15.4. The number of carbonyl (C=O) groups excluding carboxylic acids is 1. The van der Waals surface area contributed by atoms with Crippen LogP contribution in [0.3, 0.4) is 0 Å². The van der Waals surface area contributed by atoms with Crippen LogP contribution < -0.4 is 4.90 Å². The van der Waals surface area contributed by atoms with Gasteiger partial charge in [-0.2, -0.15) is 0 Å². The number of benzene rings is 2. The van der Waals surface area contributed by atoms with Crippen molar-refractivity contribution in [3.63, 3.8) is 0 Å². The summed E-state index contributed by atoms with van der Waals surface area (Å²) in [5.41, 5.74) is 2.38. The number of aromatic carboxylic acids is 1. The predicted octanol–water partition coefficient (Wildman–Crippen LogP) is 4.46.